The van der Waals surface area contributed by atoms with E-state index in [0.29, 0.717) is 38.8 Å². The summed E-state index contributed by atoms with van der Waals surface area (Å²) in [6, 6.07) is 2.94. The molecule has 15 nitrogen and oxygen atoms in total. The average Bonchev–Trinajstić information content (AvgIpc) is 3.93. The Morgan fingerprint density at radius 3 is 2.34 bits per heavy atom. The molecule has 1 unspecified atom stereocenters. The molecule has 2 saturated carbocycles. The van der Waals surface area contributed by atoms with Crippen LogP contribution in [0.15, 0.2) is 36.4 Å². The molecule has 3 heterocycles. The van der Waals surface area contributed by atoms with Gasteiger partial charge in [-0.2, -0.15) is 0 Å². The van der Waals surface area contributed by atoms with E-state index < -0.39 is 65.9 Å². The van der Waals surface area contributed by atoms with E-state index in [4.69, 9.17) is 4.74 Å². The normalized spacial score (nSPS) is 25.7. The molecule has 1 aromatic rings. The number of ether oxygens (including phenoxy) is 1. The maximum atomic E-state index is 14.3. The fourth-order valence-corrected chi connectivity index (χ4v) is 8.28. The number of benzene rings is 1. The SMILES string of the molecule is CNC(=O)[C@@H](NC(=O)[C@@H]1CCCCCC=CCC(C(=O)C(=O)NC2CC2)NC(=O)N2C[C@@H](OC(=O)N3CCc4ccccc4C3)C[C@@H]2C(=O)N1)C1CCCCC1. The summed E-state index contributed by atoms with van der Waals surface area (Å²) in [5.41, 5.74) is 2.18. The highest BCUT2D eigenvalue weighted by Crippen LogP contribution is 2.28. The summed E-state index contributed by atoms with van der Waals surface area (Å²) in [6.07, 6.45) is 12.3. The Labute approximate surface area is 328 Å². The number of carbonyl (C=O) groups excluding carboxylic acids is 7. The van der Waals surface area contributed by atoms with E-state index in [0.717, 1.165) is 68.9 Å². The Bertz CT molecular complexity index is 1660. The van der Waals surface area contributed by atoms with E-state index in [1.165, 1.54) is 11.9 Å². The molecule has 3 aliphatic heterocycles. The zero-order chi connectivity index (χ0) is 39.6. The monoisotopic (exact) mass is 775 g/mol. The van der Waals surface area contributed by atoms with Crippen LogP contribution in [0.5, 0.6) is 0 Å². The van der Waals surface area contributed by atoms with Crippen molar-refractivity contribution < 1.29 is 38.3 Å². The Morgan fingerprint density at radius 1 is 0.857 bits per heavy atom. The second-order valence-electron chi connectivity index (χ2n) is 15.9. The van der Waals surface area contributed by atoms with Crippen molar-refractivity contribution in [1.82, 2.24) is 36.4 Å². The molecule has 0 bridgehead atoms. The molecule has 0 radical (unpaired) electrons. The van der Waals surface area contributed by atoms with Gasteiger partial charge in [0, 0.05) is 32.6 Å². The molecule has 5 atom stereocenters. The van der Waals surface area contributed by atoms with Crippen LogP contribution in [0, 0.1) is 5.92 Å². The van der Waals surface area contributed by atoms with Crippen LogP contribution < -0.4 is 26.6 Å². The lowest BCUT2D eigenvalue weighted by Crippen LogP contribution is -2.59. The van der Waals surface area contributed by atoms with Crippen LogP contribution in [0.25, 0.3) is 0 Å². The molecular weight excluding hydrogens is 718 g/mol. The second-order valence-corrected chi connectivity index (χ2v) is 15.9. The van der Waals surface area contributed by atoms with Crippen molar-refractivity contribution in [2.24, 2.45) is 5.92 Å². The zero-order valence-electron chi connectivity index (χ0n) is 32.4. The minimum absolute atomic E-state index is 0.0267. The van der Waals surface area contributed by atoms with Gasteiger partial charge in [0.25, 0.3) is 5.91 Å². The highest BCUT2D eigenvalue weighted by atomic mass is 16.6. The van der Waals surface area contributed by atoms with Crippen molar-refractivity contribution in [2.45, 2.75) is 139 Å². The lowest BCUT2D eigenvalue weighted by atomic mass is 9.83. The molecule has 0 aromatic heterocycles. The minimum atomic E-state index is -1.19. The third kappa shape index (κ3) is 10.7. The topological polar surface area (TPSA) is 195 Å². The van der Waals surface area contributed by atoms with Gasteiger partial charge in [0.1, 0.15) is 30.3 Å². The first-order valence-corrected chi connectivity index (χ1v) is 20.5. The summed E-state index contributed by atoms with van der Waals surface area (Å²) in [6.45, 7) is 0.665. The summed E-state index contributed by atoms with van der Waals surface area (Å²) in [5, 5.41) is 13.9. The molecule has 0 spiro atoms. The Kier molecular flexibility index (Phi) is 14.0. The summed E-state index contributed by atoms with van der Waals surface area (Å²) >= 11 is 0. The zero-order valence-corrected chi connectivity index (χ0v) is 32.4. The van der Waals surface area contributed by atoms with Gasteiger partial charge in [-0.05, 0) is 74.8 Å². The molecule has 2 aliphatic carbocycles. The smallest absolute Gasteiger partial charge is 0.410 e. The van der Waals surface area contributed by atoms with Gasteiger partial charge in [-0.15, -0.1) is 0 Å². The molecular formula is C41H57N7O8. The summed E-state index contributed by atoms with van der Waals surface area (Å²) in [4.78, 5) is 97.8. The van der Waals surface area contributed by atoms with E-state index in [-0.39, 0.29) is 37.3 Å². The number of urea groups is 1. The van der Waals surface area contributed by atoms with Gasteiger partial charge in [0.15, 0.2) is 0 Å². The maximum Gasteiger partial charge on any atom is 0.410 e. The fraction of sp³-hybridized carbons (Fsp3) is 0.634. The first-order chi connectivity index (χ1) is 27.1. The third-order valence-corrected chi connectivity index (χ3v) is 11.7. The largest absolute Gasteiger partial charge is 0.444 e. The molecule has 5 aliphatic rings. The number of fused-ring (bicyclic) bond motifs is 2. The van der Waals surface area contributed by atoms with E-state index in [2.05, 4.69) is 26.6 Å². The van der Waals surface area contributed by atoms with Crippen LogP contribution in [0.4, 0.5) is 9.59 Å². The Balaban J connectivity index is 1.21. The number of ketones is 1. The van der Waals surface area contributed by atoms with Gasteiger partial charge in [0.2, 0.25) is 23.5 Å². The van der Waals surface area contributed by atoms with Gasteiger partial charge in [0.05, 0.1) is 6.54 Å². The number of allylic oxidation sites excluding steroid dienone is 1. The second kappa shape index (κ2) is 19.3. The van der Waals surface area contributed by atoms with Gasteiger partial charge >= 0.3 is 12.1 Å². The number of amides is 7. The lowest BCUT2D eigenvalue weighted by Gasteiger charge is -2.31. The van der Waals surface area contributed by atoms with Crippen LogP contribution >= 0.6 is 0 Å². The number of carbonyl (C=O) groups is 7. The van der Waals surface area contributed by atoms with Crippen molar-refractivity contribution in [1.29, 1.82) is 0 Å². The predicted octanol–water partition coefficient (Wildman–Crippen LogP) is 2.76. The highest BCUT2D eigenvalue weighted by Gasteiger charge is 2.44. The molecule has 1 aromatic carbocycles. The molecule has 1 saturated heterocycles. The van der Waals surface area contributed by atoms with Crippen molar-refractivity contribution in [3.63, 3.8) is 0 Å². The number of Topliss-reactive ketones (excluding diaryl/α,β-unsaturated/α-hetero) is 1. The standard InChI is InChI=1S/C41H57N7O8/c1-42-38(52)34(27-14-7-6-8-15-27)46-36(50)32-18-10-5-3-2-4-9-17-31(35(49)39(53)43-29-19-20-29)45-40(54)48-25-30(23-33(48)37(51)44-32)56-41(55)47-22-21-26-13-11-12-16-28(26)24-47/h4,9,11-13,16,27,29-34H,2-3,5-8,10,14-15,17-25H2,1H3,(H,42,52)(H,43,53)(H,44,51)(H,45,54)(H,46,50)/t30-,31?,32-,33+,34-/m0/s1. The molecule has 304 valence electrons. The minimum Gasteiger partial charge on any atom is -0.444 e. The predicted molar refractivity (Wildman–Crippen MR) is 206 cm³/mol. The van der Waals surface area contributed by atoms with Gasteiger partial charge in [-0.25, -0.2) is 9.59 Å². The molecule has 7 amide bonds. The fourth-order valence-electron chi connectivity index (χ4n) is 8.28. The van der Waals surface area contributed by atoms with Gasteiger partial charge in [-0.1, -0.05) is 68.5 Å². The number of nitrogens with zero attached hydrogens (tertiary/aromatic N) is 2. The Hall–Kier alpha value is -4.95. The van der Waals surface area contributed by atoms with E-state index in [9.17, 15) is 33.6 Å². The van der Waals surface area contributed by atoms with Crippen LogP contribution in [0.1, 0.15) is 101 Å². The first kappa shape index (κ1) is 40.7. The Morgan fingerprint density at radius 2 is 1.59 bits per heavy atom. The van der Waals surface area contributed by atoms with Crippen LogP contribution in [-0.2, 0) is 41.7 Å². The van der Waals surface area contributed by atoms with Gasteiger partial charge in [-0.3, -0.25) is 24.0 Å². The highest BCUT2D eigenvalue weighted by molar-refractivity contribution is 6.38. The van der Waals surface area contributed by atoms with Crippen molar-refractivity contribution in [3.8, 4) is 0 Å². The van der Waals surface area contributed by atoms with Crippen molar-refractivity contribution >= 4 is 41.5 Å². The summed E-state index contributed by atoms with van der Waals surface area (Å²) in [5.74, 6) is -2.98. The van der Waals surface area contributed by atoms with Crippen LogP contribution in [-0.4, -0.2) is 108 Å². The number of hydrogen-bond donors (Lipinski definition) is 5. The quantitative estimate of drug-likeness (QED) is 0.196. The molecule has 15 heteroatoms. The molecule has 5 N–H and O–H groups in total. The van der Waals surface area contributed by atoms with Crippen LogP contribution in [0.2, 0.25) is 0 Å². The summed E-state index contributed by atoms with van der Waals surface area (Å²) in [7, 11) is 1.54. The maximum absolute atomic E-state index is 14.3. The van der Waals surface area contributed by atoms with E-state index in [1.54, 1.807) is 11.0 Å². The van der Waals surface area contributed by atoms with Crippen LogP contribution in [0.3, 0.4) is 0 Å². The number of rotatable bonds is 8. The molecule has 56 heavy (non-hydrogen) atoms. The summed E-state index contributed by atoms with van der Waals surface area (Å²) < 4.78 is 5.94. The number of likely N-dealkylation sites (N-methyl/N-ethyl adjacent to an activating group) is 1. The lowest BCUT2D eigenvalue weighted by molar-refractivity contribution is -0.139. The van der Waals surface area contributed by atoms with Crippen molar-refractivity contribution in [2.75, 3.05) is 20.1 Å². The molecule has 6 rings (SSSR count). The van der Waals surface area contributed by atoms with E-state index in [1.807, 2.05) is 30.3 Å². The van der Waals surface area contributed by atoms with Gasteiger partial charge < -0.3 is 41.1 Å². The molecule has 3 fully saturated rings. The number of nitrogens with one attached hydrogen (secondary N) is 5. The third-order valence-electron chi connectivity index (χ3n) is 11.7. The average molecular weight is 776 g/mol. The number of hydrogen-bond acceptors (Lipinski definition) is 8. The van der Waals surface area contributed by atoms with E-state index >= 15 is 0 Å². The van der Waals surface area contributed by atoms with Crippen molar-refractivity contribution in [3.05, 3.63) is 47.5 Å². The first-order valence-electron chi connectivity index (χ1n) is 20.5.